The summed E-state index contributed by atoms with van der Waals surface area (Å²) in [6.07, 6.45) is 2.15. The Morgan fingerprint density at radius 3 is 2.43 bits per heavy atom. The van der Waals surface area contributed by atoms with Crippen LogP contribution < -0.4 is 5.32 Å². The van der Waals surface area contributed by atoms with E-state index < -0.39 is 0 Å². The molecule has 1 aromatic carbocycles. The number of carbonyl (C=O) groups is 1. The minimum Gasteiger partial charge on any atom is -0.347 e. The lowest BCUT2D eigenvalue weighted by Crippen LogP contribution is -2.21. The normalized spacial score (nSPS) is 11.0. The van der Waals surface area contributed by atoms with Gasteiger partial charge in [0.05, 0.1) is 4.88 Å². The Hall–Kier alpha value is -1.65. The summed E-state index contributed by atoms with van der Waals surface area (Å²) in [5, 5.41) is 3.02. The van der Waals surface area contributed by atoms with E-state index in [1.54, 1.807) is 11.3 Å². The lowest BCUT2D eigenvalue weighted by Gasteiger charge is -2.10. The standard InChI is InChI=1S/C19H26N2OS/c1-5-6-17-11-18(23-14(17)2)19(22)20-12-15-7-9-16(10-8-15)13-21(3)4/h7-11H,5-6,12-13H2,1-4H3,(H,20,22). The maximum absolute atomic E-state index is 12.3. The molecule has 1 aromatic heterocycles. The van der Waals surface area contributed by atoms with Gasteiger partial charge in [-0.15, -0.1) is 11.3 Å². The Morgan fingerprint density at radius 2 is 1.83 bits per heavy atom. The van der Waals surface area contributed by atoms with Gasteiger partial charge in [0, 0.05) is 18.0 Å². The van der Waals surface area contributed by atoms with Crippen molar-refractivity contribution >= 4 is 17.2 Å². The number of thiophene rings is 1. The zero-order chi connectivity index (χ0) is 16.8. The second-order valence-corrected chi connectivity index (χ2v) is 7.44. The van der Waals surface area contributed by atoms with E-state index in [0.717, 1.165) is 29.8 Å². The first-order chi connectivity index (χ1) is 11.0. The van der Waals surface area contributed by atoms with E-state index in [0.29, 0.717) is 6.54 Å². The summed E-state index contributed by atoms with van der Waals surface area (Å²) in [6.45, 7) is 5.76. The fourth-order valence-electron chi connectivity index (χ4n) is 2.55. The van der Waals surface area contributed by atoms with Crippen molar-refractivity contribution in [3.8, 4) is 0 Å². The highest BCUT2D eigenvalue weighted by molar-refractivity contribution is 7.14. The van der Waals surface area contributed by atoms with Gasteiger partial charge in [-0.25, -0.2) is 0 Å². The molecule has 2 rings (SSSR count). The molecule has 0 aliphatic carbocycles. The molecule has 124 valence electrons. The van der Waals surface area contributed by atoms with Crippen LogP contribution in [0.1, 0.15) is 44.6 Å². The van der Waals surface area contributed by atoms with Crippen molar-refractivity contribution in [2.45, 2.75) is 39.8 Å². The summed E-state index contributed by atoms with van der Waals surface area (Å²) in [6, 6.07) is 10.5. The smallest absolute Gasteiger partial charge is 0.261 e. The maximum Gasteiger partial charge on any atom is 0.261 e. The number of hydrogen-bond acceptors (Lipinski definition) is 3. The predicted molar refractivity (Wildman–Crippen MR) is 98.1 cm³/mol. The van der Waals surface area contributed by atoms with Crippen molar-refractivity contribution in [1.82, 2.24) is 10.2 Å². The van der Waals surface area contributed by atoms with Gasteiger partial charge in [0.2, 0.25) is 0 Å². The van der Waals surface area contributed by atoms with Crippen LogP contribution in [-0.2, 0) is 19.5 Å². The van der Waals surface area contributed by atoms with Gasteiger partial charge in [-0.05, 0) is 50.2 Å². The molecule has 0 radical (unpaired) electrons. The van der Waals surface area contributed by atoms with E-state index in [2.05, 4.69) is 62.4 Å². The van der Waals surface area contributed by atoms with E-state index in [1.165, 1.54) is 16.0 Å². The Labute approximate surface area is 143 Å². The van der Waals surface area contributed by atoms with Crippen molar-refractivity contribution < 1.29 is 4.79 Å². The van der Waals surface area contributed by atoms with Crippen LogP contribution in [-0.4, -0.2) is 24.9 Å². The van der Waals surface area contributed by atoms with Crippen LogP contribution in [0.25, 0.3) is 0 Å². The third-order valence-corrected chi connectivity index (χ3v) is 4.83. The van der Waals surface area contributed by atoms with E-state index in [-0.39, 0.29) is 5.91 Å². The number of aryl methyl sites for hydroxylation is 2. The highest BCUT2D eigenvalue weighted by Gasteiger charge is 2.11. The summed E-state index contributed by atoms with van der Waals surface area (Å²) >= 11 is 1.59. The molecule has 0 atom stereocenters. The Bertz CT molecular complexity index is 644. The molecule has 3 nitrogen and oxygen atoms in total. The van der Waals surface area contributed by atoms with Gasteiger partial charge in [0.15, 0.2) is 0 Å². The van der Waals surface area contributed by atoms with Gasteiger partial charge >= 0.3 is 0 Å². The van der Waals surface area contributed by atoms with E-state index >= 15 is 0 Å². The topological polar surface area (TPSA) is 32.3 Å². The van der Waals surface area contributed by atoms with Crippen LogP contribution in [0.2, 0.25) is 0 Å². The second-order valence-electron chi connectivity index (χ2n) is 6.18. The number of rotatable bonds is 7. The number of benzene rings is 1. The quantitative estimate of drug-likeness (QED) is 0.832. The number of nitrogens with zero attached hydrogens (tertiary/aromatic N) is 1. The molecule has 0 aliphatic rings. The van der Waals surface area contributed by atoms with Gasteiger partial charge in [-0.2, -0.15) is 0 Å². The molecular formula is C19H26N2OS. The van der Waals surface area contributed by atoms with E-state index in [1.807, 2.05) is 6.07 Å². The molecule has 1 heterocycles. The third kappa shape index (κ3) is 5.19. The fraction of sp³-hybridized carbons (Fsp3) is 0.421. The number of carbonyl (C=O) groups excluding carboxylic acids is 1. The van der Waals surface area contributed by atoms with E-state index in [9.17, 15) is 4.79 Å². The summed E-state index contributed by atoms with van der Waals surface area (Å²) in [4.78, 5) is 16.5. The second kappa shape index (κ2) is 8.27. The van der Waals surface area contributed by atoms with Crippen LogP contribution >= 0.6 is 11.3 Å². The average Bonchev–Trinajstić information content (AvgIpc) is 2.87. The number of hydrogen-bond donors (Lipinski definition) is 1. The zero-order valence-corrected chi connectivity index (χ0v) is 15.3. The summed E-state index contributed by atoms with van der Waals surface area (Å²) < 4.78 is 0. The molecule has 0 fully saturated rings. The molecule has 4 heteroatoms. The summed E-state index contributed by atoms with van der Waals surface area (Å²) in [5.74, 6) is 0.0258. The van der Waals surface area contributed by atoms with Crippen LogP contribution in [0.15, 0.2) is 30.3 Å². The Balaban J connectivity index is 1.92. The van der Waals surface area contributed by atoms with Gasteiger partial charge in [-0.3, -0.25) is 4.79 Å². The first kappa shape index (κ1) is 17.7. The lowest BCUT2D eigenvalue weighted by atomic mass is 10.1. The van der Waals surface area contributed by atoms with Crippen molar-refractivity contribution in [2.75, 3.05) is 14.1 Å². The third-order valence-electron chi connectivity index (χ3n) is 3.74. The highest BCUT2D eigenvalue weighted by atomic mass is 32.1. The van der Waals surface area contributed by atoms with Crippen LogP contribution in [0.4, 0.5) is 0 Å². The first-order valence-corrected chi connectivity index (χ1v) is 8.91. The first-order valence-electron chi connectivity index (χ1n) is 8.09. The van der Waals surface area contributed by atoms with Crippen molar-refractivity contribution in [3.63, 3.8) is 0 Å². The van der Waals surface area contributed by atoms with Gasteiger partial charge < -0.3 is 10.2 Å². The SMILES string of the molecule is CCCc1cc(C(=O)NCc2ccc(CN(C)C)cc2)sc1C. The lowest BCUT2D eigenvalue weighted by molar-refractivity contribution is 0.0955. The van der Waals surface area contributed by atoms with Crippen molar-refractivity contribution in [1.29, 1.82) is 0 Å². The predicted octanol–water partition coefficient (Wildman–Crippen LogP) is 4.00. The molecule has 0 bridgehead atoms. The molecule has 1 N–H and O–H groups in total. The highest BCUT2D eigenvalue weighted by Crippen LogP contribution is 2.22. The molecule has 23 heavy (non-hydrogen) atoms. The maximum atomic E-state index is 12.3. The van der Waals surface area contributed by atoms with Crippen LogP contribution in [0.5, 0.6) is 0 Å². The summed E-state index contributed by atoms with van der Waals surface area (Å²) in [7, 11) is 4.12. The van der Waals surface area contributed by atoms with Gasteiger partial charge in [0.25, 0.3) is 5.91 Å². The minimum atomic E-state index is 0.0258. The monoisotopic (exact) mass is 330 g/mol. The molecule has 0 saturated heterocycles. The molecular weight excluding hydrogens is 304 g/mol. The Morgan fingerprint density at radius 1 is 1.17 bits per heavy atom. The van der Waals surface area contributed by atoms with Gasteiger partial charge in [-0.1, -0.05) is 37.6 Å². The molecule has 1 amide bonds. The van der Waals surface area contributed by atoms with Gasteiger partial charge in [0.1, 0.15) is 0 Å². The molecule has 0 saturated carbocycles. The average molecular weight is 330 g/mol. The van der Waals surface area contributed by atoms with Crippen molar-refractivity contribution in [2.24, 2.45) is 0 Å². The largest absolute Gasteiger partial charge is 0.347 e. The molecule has 0 spiro atoms. The van der Waals surface area contributed by atoms with E-state index in [4.69, 9.17) is 0 Å². The number of amides is 1. The Kier molecular flexibility index (Phi) is 6.37. The number of nitrogens with one attached hydrogen (secondary N) is 1. The zero-order valence-electron chi connectivity index (χ0n) is 14.5. The van der Waals surface area contributed by atoms with Crippen LogP contribution in [0.3, 0.4) is 0 Å². The minimum absolute atomic E-state index is 0.0258. The molecule has 0 unspecified atom stereocenters. The summed E-state index contributed by atoms with van der Waals surface area (Å²) in [5.41, 5.74) is 3.71. The van der Waals surface area contributed by atoms with Crippen LogP contribution in [0, 0.1) is 6.92 Å². The molecule has 2 aromatic rings. The van der Waals surface area contributed by atoms with Crippen molar-refractivity contribution in [3.05, 3.63) is 56.8 Å². The fourth-order valence-corrected chi connectivity index (χ4v) is 3.53. The molecule has 0 aliphatic heterocycles.